The van der Waals surface area contributed by atoms with E-state index in [2.05, 4.69) is 11.8 Å². The van der Waals surface area contributed by atoms with E-state index < -0.39 is 11.3 Å². The third-order valence-corrected chi connectivity index (χ3v) is 2.92. The van der Waals surface area contributed by atoms with Gasteiger partial charge in [-0.05, 0) is 14.0 Å². The van der Waals surface area contributed by atoms with Gasteiger partial charge in [0.2, 0.25) is 11.3 Å². The number of hydrogen-bond donors (Lipinski definition) is 1. The standard InChI is InChI=1S/C6H14N2O2S/c1-6-5-8(11(9)10)4-3-7(6)2/h6H,3-5H2,1-2H3,(H,9,10). The molecule has 0 spiro atoms. The molecule has 1 saturated heterocycles. The summed E-state index contributed by atoms with van der Waals surface area (Å²) in [5.74, 6) is 0. The van der Waals surface area contributed by atoms with Crippen LogP contribution in [0.2, 0.25) is 0 Å². The van der Waals surface area contributed by atoms with Gasteiger partial charge in [-0.2, -0.15) is 4.31 Å². The third kappa shape index (κ3) is 2.23. The quantitative estimate of drug-likeness (QED) is 0.564. The van der Waals surface area contributed by atoms with E-state index in [4.69, 9.17) is 4.55 Å². The van der Waals surface area contributed by atoms with Crippen molar-refractivity contribution in [1.29, 1.82) is 0 Å². The summed E-state index contributed by atoms with van der Waals surface area (Å²) in [4.78, 5) is 2.18. The lowest BCUT2D eigenvalue weighted by molar-refractivity contribution is 0.158. The van der Waals surface area contributed by atoms with Crippen molar-refractivity contribution in [2.45, 2.75) is 13.0 Å². The second kappa shape index (κ2) is 3.62. The Kier molecular flexibility index (Phi) is 3.00. The first kappa shape index (κ1) is 9.12. The predicted molar refractivity (Wildman–Crippen MR) is 44.4 cm³/mol. The molecule has 0 bridgehead atoms. The molecule has 0 aliphatic carbocycles. The van der Waals surface area contributed by atoms with E-state index in [1.54, 1.807) is 4.31 Å². The Morgan fingerprint density at radius 2 is 2.18 bits per heavy atom. The van der Waals surface area contributed by atoms with Crippen molar-refractivity contribution >= 4 is 11.3 Å². The van der Waals surface area contributed by atoms with Crippen LogP contribution in [0.4, 0.5) is 0 Å². The Labute approximate surface area is 69.6 Å². The minimum Gasteiger partial charge on any atom is -0.301 e. The molecule has 1 rings (SSSR count). The summed E-state index contributed by atoms with van der Waals surface area (Å²) in [5.41, 5.74) is 0. The van der Waals surface area contributed by atoms with Crippen molar-refractivity contribution in [2.75, 3.05) is 26.7 Å². The molecule has 2 unspecified atom stereocenters. The normalized spacial score (nSPS) is 32.1. The summed E-state index contributed by atoms with van der Waals surface area (Å²) in [6.45, 7) is 4.29. The van der Waals surface area contributed by atoms with E-state index in [1.807, 2.05) is 7.05 Å². The Morgan fingerprint density at radius 3 is 2.64 bits per heavy atom. The molecule has 1 aliphatic heterocycles. The average molecular weight is 178 g/mol. The Balaban J connectivity index is 2.46. The molecular weight excluding hydrogens is 164 g/mol. The maximum absolute atomic E-state index is 10.6. The summed E-state index contributed by atoms with van der Waals surface area (Å²) in [6.07, 6.45) is 0. The fourth-order valence-corrected chi connectivity index (χ4v) is 1.74. The van der Waals surface area contributed by atoms with Gasteiger partial charge >= 0.3 is 0 Å². The molecule has 1 aliphatic rings. The zero-order valence-electron chi connectivity index (χ0n) is 6.86. The fourth-order valence-electron chi connectivity index (χ4n) is 1.16. The van der Waals surface area contributed by atoms with E-state index in [9.17, 15) is 4.21 Å². The Hall–Kier alpha value is 0.0300. The van der Waals surface area contributed by atoms with Crippen LogP contribution in [0.5, 0.6) is 0 Å². The van der Waals surface area contributed by atoms with Gasteiger partial charge in [-0.3, -0.25) is 4.55 Å². The van der Waals surface area contributed by atoms with E-state index in [1.165, 1.54) is 0 Å². The zero-order chi connectivity index (χ0) is 8.43. The smallest absolute Gasteiger partial charge is 0.234 e. The van der Waals surface area contributed by atoms with Gasteiger partial charge in [0.05, 0.1) is 0 Å². The molecule has 0 aromatic heterocycles. The second-order valence-electron chi connectivity index (χ2n) is 2.95. The number of rotatable bonds is 1. The van der Waals surface area contributed by atoms with Gasteiger partial charge in [0.1, 0.15) is 0 Å². The molecule has 1 heterocycles. The average Bonchev–Trinajstić information content (AvgIpc) is 1.94. The summed E-state index contributed by atoms with van der Waals surface area (Å²) in [6, 6.07) is 0.375. The molecule has 0 aromatic rings. The molecular formula is C6H14N2O2S. The first-order chi connectivity index (χ1) is 5.11. The van der Waals surface area contributed by atoms with Crippen molar-refractivity contribution in [3.8, 4) is 0 Å². The monoisotopic (exact) mass is 178 g/mol. The SMILES string of the molecule is CC1CN(S(=O)O)CCN1C. The largest absolute Gasteiger partial charge is 0.301 e. The van der Waals surface area contributed by atoms with Gasteiger partial charge in [0.15, 0.2) is 0 Å². The first-order valence-corrected chi connectivity index (χ1v) is 4.74. The van der Waals surface area contributed by atoms with E-state index in [0.29, 0.717) is 19.1 Å². The fraction of sp³-hybridized carbons (Fsp3) is 1.00. The number of hydrogen-bond acceptors (Lipinski definition) is 2. The van der Waals surface area contributed by atoms with Crippen LogP contribution in [0.3, 0.4) is 0 Å². The van der Waals surface area contributed by atoms with Crippen LogP contribution in [0.15, 0.2) is 0 Å². The van der Waals surface area contributed by atoms with Crippen molar-refractivity contribution < 1.29 is 8.76 Å². The van der Waals surface area contributed by atoms with Gasteiger partial charge in [-0.15, -0.1) is 0 Å². The van der Waals surface area contributed by atoms with E-state index in [0.717, 1.165) is 6.54 Å². The van der Waals surface area contributed by atoms with Crippen LogP contribution in [0.1, 0.15) is 6.92 Å². The lowest BCUT2D eigenvalue weighted by Crippen LogP contribution is -2.50. The summed E-state index contributed by atoms with van der Waals surface area (Å²) >= 11 is -1.78. The van der Waals surface area contributed by atoms with Crippen molar-refractivity contribution in [1.82, 2.24) is 9.21 Å². The Bertz CT molecular complexity index is 165. The molecule has 4 nitrogen and oxygen atoms in total. The Morgan fingerprint density at radius 1 is 1.55 bits per heavy atom. The lowest BCUT2D eigenvalue weighted by atomic mass is 10.2. The molecule has 0 amide bonds. The zero-order valence-corrected chi connectivity index (χ0v) is 7.67. The molecule has 2 atom stereocenters. The topological polar surface area (TPSA) is 43.8 Å². The highest BCUT2D eigenvalue weighted by molar-refractivity contribution is 7.76. The number of likely N-dealkylation sites (N-methyl/N-ethyl adjacent to an activating group) is 1. The summed E-state index contributed by atoms with van der Waals surface area (Å²) < 4.78 is 21.0. The van der Waals surface area contributed by atoms with Gasteiger partial charge < -0.3 is 4.90 Å². The van der Waals surface area contributed by atoms with Crippen LogP contribution in [-0.4, -0.2) is 50.7 Å². The third-order valence-electron chi connectivity index (χ3n) is 2.14. The van der Waals surface area contributed by atoms with E-state index in [-0.39, 0.29) is 0 Å². The van der Waals surface area contributed by atoms with Crippen LogP contribution in [0, 0.1) is 0 Å². The highest BCUT2D eigenvalue weighted by Crippen LogP contribution is 2.07. The van der Waals surface area contributed by atoms with Crippen LogP contribution < -0.4 is 0 Å². The molecule has 66 valence electrons. The maximum Gasteiger partial charge on any atom is 0.234 e. The molecule has 0 aromatic carbocycles. The number of nitrogens with zero attached hydrogens (tertiary/aromatic N) is 2. The van der Waals surface area contributed by atoms with Gasteiger partial charge in [0, 0.05) is 25.7 Å². The minimum absolute atomic E-state index is 0.375. The summed E-state index contributed by atoms with van der Waals surface area (Å²) in [5, 5.41) is 0. The van der Waals surface area contributed by atoms with Gasteiger partial charge in [-0.25, -0.2) is 4.21 Å². The molecule has 1 fully saturated rings. The van der Waals surface area contributed by atoms with Crippen LogP contribution in [0.25, 0.3) is 0 Å². The molecule has 5 heteroatoms. The van der Waals surface area contributed by atoms with Gasteiger partial charge in [0.25, 0.3) is 0 Å². The second-order valence-corrected chi connectivity index (χ2v) is 3.93. The maximum atomic E-state index is 10.6. The van der Waals surface area contributed by atoms with Crippen molar-refractivity contribution in [3.63, 3.8) is 0 Å². The molecule has 11 heavy (non-hydrogen) atoms. The molecule has 0 saturated carbocycles. The van der Waals surface area contributed by atoms with Gasteiger partial charge in [-0.1, -0.05) is 0 Å². The highest BCUT2D eigenvalue weighted by Gasteiger charge is 2.23. The van der Waals surface area contributed by atoms with Crippen molar-refractivity contribution in [2.24, 2.45) is 0 Å². The van der Waals surface area contributed by atoms with Crippen molar-refractivity contribution in [3.05, 3.63) is 0 Å². The lowest BCUT2D eigenvalue weighted by Gasteiger charge is -2.35. The minimum atomic E-state index is -1.78. The first-order valence-electron chi connectivity index (χ1n) is 3.67. The highest BCUT2D eigenvalue weighted by atomic mass is 32.2. The van der Waals surface area contributed by atoms with E-state index >= 15 is 0 Å². The molecule has 1 N–H and O–H groups in total. The predicted octanol–water partition coefficient (Wildman–Crippen LogP) is -0.241. The number of piperazine rings is 1. The van der Waals surface area contributed by atoms with Crippen LogP contribution >= 0.6 is 0 Å². The summed E-state index contributed by atoms with van der Waals surface area (Å²) in [7, 11) is 2.03. The molecule has 0 radical (unpaired) electrons. The van der Waals surface area contributed by atoms with Crippen LogP contribution in [-0.2, 0) is 11.3 Å².